The van der Waals surface area contributed by atoms with Crippen molar-refractivity contribution in [2.24, 2.45) is 0 Å². The largest absolute Gasteiger partial charge is 0.433 e. The van der Waals surface area contributed by atoms with Gasteiger partial charge in [0.05, 0.1) is 0 Å². The number of alkyl halides is 3. The van der Waals surface area contributed by atoms with E-state index in [0.29, 0.717) is 11.1 Å². The molecule has 2 aromatic heterocycles. The molecule has 0 bridgehead atoms. The van der Waals surface area contributed by atoms with Crippen LogP contribution in [0, 0.1) is 6.92 Å². The zero-order valence-electron chi connectivity index (χ0n) is 8.99. The summed E-state index contributed by atoms with van der Waals surface area (Å²) >= 11 is 0. The standard InChI is InChI=1S/C12H9F3N2/c1-8-2-4-16-7-10(8)9-3-5-17-11(6-9)12(13,14)15/h2-7H,1H3. The molecule has 0 fully saturated rings. The Balaban J connectivity index is 2.51. The van der Waals surface area contributed by atoms with Crippen LogP contribution >= 0.6 is 0 Å². The van der Waals surface area contributed by atoms with E-state index in [1.54, 1.807) is 24.5 Å². The van der Waals surface area contributed by atoms with Gasteiger partial charge in [-0.2, -0.15) is 13.2 Å². The van der Waals surface area contributed by atoms with E-state index in [1.165, 1.54) is 0 Å². The maximum absolute atomic E-state index is 12.5. The lowest BCUT2D eigenvalue weighted by atomic mass is 10.0. The van der Waals surface area contributed by atoms with E-state index in [-0.39, 0.29) is 0 Å². The molecule has 2 nitrogen and oxygen atoms in total. The Morgan fingerprint density at radius 2 is 1.88 bits per heavy atom. The summed E-state index contributed by atoms with van der Waals surface area (Å²) in [4.78, 5) is 7.23. The van der Waals surface area contributed by atoms with Crippen LogP contribution in [0.3, 0.4) is 0 Å². The second-order valence-electron chi connectivity index (χ2n) is 3.62. The van der Waals surface area contributed by atoms with Crippen molar-refractivity contribution >= 4 is 0 Å². The van der Waals surface area contributed by atoms with E-state index in [2.05, 4.69) is 9.97 Å². The lowest BCUT2D eigenvalue weighted by Gasteiger charge is -2.09. The van der Waals surface area contributed by atoms with Gasteiger partial charge in [0.1, 0.15) is 5.69 Å². The van der Waals surface area contributed by atoms with Crippen LogP contribution in [0.1, 0.15) is 11.3 Å². The Kier molecular flexibility index (Phi) is 2.83. The second-order valence-corrected chi connectivity index (χ2v) is 3.62. The Morgan fingerprint density at radius 1 is 1.12 bits per heavy atom. The molecule has 0 aliphatic rings. The summed E-state index contributed by atoms with van der Waals surface area (Å²) in [7, 11) is 0. The molecule has 2 heterocycles. The minimum Gasteiger partial charge on any atom is -0.264 e. The van der Waals surface area contributed by atoms with Gasteiger partial charge in [0.2, 0.25) is 0 Å². The van der Waals surface area contributed by atoms with E-state index < -0.39 is 11.9 Å². The molecule has 0 saturated heterocycles. The third-order valence-electron chi connectivity index (χ3n) is 2.40. The van der Waals surface area contributed by atoms with E-state index in [1.807, 2.05) is 6.92 Å². The summed E-state index contributed by atoms with van der Waals surface area (Å²) in [6, 6.07) is 4.33. The first kappa shape index (κ1) is 11.6. The summed E-state index contributed by atoms with van der Waals surface area (Å²) in [5.41, 5.74) is 1.14. The average Bonchev–Trinajstić information content (AvgIpc) is 2.29. The summed E-state index contributed by atoms with van der Waals surface area (Å²) < 4.78 is 37.5. The lowest BCUT2D eigenvalue weighted by Crippen LogP contribution is -2.07. The molecule has 0 spiro atoms. The maximum atomic E-state index is 12.5. The predicted molar refractivity (Wildman–Crippen MR) is 57.2 cm³/mol. The number of rotatable bonds is 1. The number of nitrogens with zero attached hydrogens (tertiary/aromatic N) is 2. The molecular weight excluding hydrogens is 229 g/mol. The summed E-state index contributed by atoms with van der Waals surface area (Å²) in [5.74, 6) is 0. The van der Waals surface area contributed by atoms with Gasteiger partial charge in [-0.15, -0.1) is 0 Å². The minimum absolute atomic E-state index is 0.470. The van der Waals surface area contributed by atoms with Crippen molar-refractivity contribution in [3.63, 3.8) is 0 Å². The molecule has 0 N–H and O–H groups in total. The third kappa shape index (κ3) is 2.43. The van der Waals surface area contributed by atoms with E-state index >= 15 is 0 Å². The molecule has 0 aromatic carbocycles. The van der Waals surface area contributed by atoms with Gasteiger partial charge in [0, 0.05) is 24.2 Å². The molecule has 17 heavy (non-hydrogen) atoms. The van der Waals surface area contributed by atoms with Gasteiger partial charge in [-0.3, -0.25) is 9.97 Å². The zero-order chi connectivity index (χ0) is 12.5. The van der Waals surface area contributed by atoms with Crippen LogP contribution in [0.25, 0.3) is 11.1 Å². The lowest BCUT2D eigenvalue weighted by molar-refractivity contribution is -0.141. The smallest absolute Gasteiger partial charge is 0.264 e. The normalized spacial score (nSPS) is 11.5. The Hall–Kier alpha value is -1.91. The first-order valence-electron chi connectivity index (χ1n) is 4.93. The van der Waals surface area contributed by atoms with Gasteiger partial charge in [0.15, 0.2) is 0 Å². The number of hydrogen-bond donors (Lipinski definition) is 0. The highest BCUT2D eigenvalue weighted by molar-refractivity contribution is 5.66. The average molecular weight is 238 g/mol. The van der Waals surface area contributed by atoms with Crippen molar-refractivity contribution in [3.8, 4) is 11.1 Å². The fraction of sp³-hybridized carbons (Fsp3) is 0.167. The van der Waals surface area contributed by atoms with Gasteiger partial charge in [-0.05, 0) is 36.2 Å². The molecule has 5 heteroatoms. The zero-order valence-corrected chi connectivity index (χ0v) is 8.99. The van der Waals surface area contributed by atoms with Gasteiger partial charge >= 0.3 is 6.18 Å². The van der Waals surface area contributed by atoms with E-state index in [0.717, 1.165) is 17.8 Å². The molecule has 0 saturated carbocycles. The number of hydrogen-bond acceptors (Lipinski definition) is 2. The molecule has 0 radical (unpaired) electrons. The Morgan fingerprint density at radius 3 is 2.53 bits per heavy atom. The first-order chi connectivity index (χ1) is 7.98. The Labute approximate surface area is 96.2 Å². The highest BCUT2D eigenvalue weighted by Crippen LogP contribution is 2.30. The van der Waals surface area contributed by atoms with Gasteiger partial charge in [0.25, 0.3) is 0 Å². The van der Waals surface area contributed by atoms with Crippen LogP contribution in [0.15, 0.2) is 36.8 Å². The monoisotopic (exact) mass is 238 g/mol. The number of halogens is 3. The van der Waals surface area contributed by atoms with Crippen LogP contribution < -0.4 is 0 Å². The van der Waals surface area contributed by atoms with Crippen LogP contribution in [0.5, 0.6) is 0 Å². The molecule has 0 aliphatic heterocycles. The van der Waals surface area contributed by atoms with Gasteiger partial charge in [-0.25, -0.2) is 0 Å². The molecular formula is C12H9F3N2. The van der Waals surface area contributed by atoms with Gasteiger partial charge < -0.3 is 0 Å². The Bertz CT molecular complexity index is 535. The summed E-state index contributed by atoms with van der Waals surface area (Å²) in [6.07, 6.45) is -0.119. The van der Waals surface area contributed by atoms with Crippen LogP contribution in [0.2, 0.25) is 0 Å². The fourth-order valence-corrected chi connectivity index (χ4v) is 1.52. The van der Waals surface area contributed by atoms with Crippen LogP contribution in [-0.2, 0) is 6.18 Å². The molecule has 2 aromatic rings. The molecule has 0 atom stereocenters. The predicted octanol–water partition coefficient (Wildman–Crippen LogP) is 3.47. The topological polar surface area (TPSA) is 25.8 Å². The van der Waals surface area contributed by atoms with Crippen molar-refractivity contribution in [1.29, 1.82) is 0 Å². The summed E-state index contributed by atoms with van der Waals surface area (Å²) in [5, 5.41) is 0. The first-order valence-corrected chi connectivity index (χ1v) is 4.93. The second kappa shape index (κ2) is 4.16. The highest BCUT2D eigenvalue weighted by atomic mass is 19.4. The van der Waals surface area contributed by atoms with Crippen molar-refractivity contribution in [2.75, 3.05) is 0 Å². The van der Waals surface area contributed by atoms with Crippen LogP contribution in [0.4, 0.5) is 13.2 Å². The summed E-state index contributed by atoms with van der Waals surface area (Å²) in [6.45, 7) is 1.82. The molecule has 88 valence electrons. The van der Waals surface area contributed by atoms with Crippen molar-refractivity contribution in [2.45, 2.75) is 13.1 Å². The van der Waals surface area contributed by atoms with Crippen molar-refractivity contribution < 1.29 is 13.2 Å². The molecule has 0 aliphatic carbocycles. The number of aryl methyl sites for hydroxylation is 1. The van der Waals surface area contributed by atoms with Crippen molar-refractivity contribution in [3.05, 3.63) is 48.0 Å². The fourth-order valence-electron chi connectivity index (χ4n) is 1.52. The highest BCUT2D eigenvalue weighted by Gasteiger charge is 2.32. The van der Waals surface area contributed by atoms with Crippen molar-refractivity contribution in [1.82, 2.24) is 9.97 Å². The minimum atomic E-state index is -4.42. The van der Waals surface area contributed by atoms with E-state index in [4.69, 9.17) is 0 Å². The number of pyridine rings is 2. The van der Waals surface area contributed by atoms with Crippen LogP contribution in [-0.4, -0.2) is 9.97 Å². The molecule has 0 unspecified atom stereocenters. The molecule has 0 amide bonds. The quantitative estimate of drug-likeness (QED) is 0.760. The number of aromatic nitrogens is 2. The van der Waals surface area contributed by atoms with Gasteiger partial charge in [-0.1, -0.05) is 0 Å². The third-order valence-corrected chi connectivity index (χ3v) is 2.40. The maximum Gasteiger partial charge on any atom is 0.433 e. The van der Waals surface area contributed by atoms with E-state index in [9.17, 15) is 13.2 Å². The SMILES string of the molecule is Cc1ccncc1-c1ccnc(C(F)(F)F)c1. The molecule has 2 rings (SSSR count).